The highest BCUT2D eigenvalue weighted by Crippen LogP contribution is 2.45. The van der Waals surface area contributed by atoms with Crippen LogP contribution >= 0.6 is 0 Å². The molecule has 0 bridgehead atoms. The highest BCUT2D eigenvalue weighted by Gasteiger charge is 2.37. The highest BCUT2D eigenvalue weighted by atomic mass is 16.5. The van der Waals surface area contributed by atoms with Gasteiger partial charge in [0.1, 0.15) is 0 Å². The number of hydrogen-bond donors (Lipinski definition) is 3. The van der Waals surface area contributed by atoms with E-state index >= 15 is 0 Å². The van der Waals surface area contributed by atoms with Gasteiger partial charge < -0.3 is 20.1 Å². The summed E-state index contributed by atoms with van der Waals surface area (Å²) in [6.45, 7) is 4.24. The molecule has 2 aromatic carbocycles. The first-order valence-corrected chi connectivity index (χ1v) is 8.68. The van der Waals surface area contributed by atoms with Crippen molar-refractivity contribution in [2.24, 2.45) is 11.8 Å². The lowest BCUT2D eigenvalue weighted by molar-refractivity contribution is 0.101. The highest BCUT2D eigenvalue weighted by molar-refractivity contribution is 5.50. The van der Waals surface area contributed by atoms with E-state index in [9.17, 15) is 15.3 Å². The van der Waals surface area contributed by atoms with E-state index in [-0.39, 0.29) is 36.7 Å². The molecule has 25 heavy (non-hydrogen) atoms. The second-order valence-corrected chi connectivity index (χ2v) is 7.04. The first-order chi connectivity index (χ1) is 12.0. The van der Waals surface area contributed by atoms with Gasteiger partial charge in [0, 0.05) is 19.1 Å². The predicted octanol–water partition coefficient (Wildman–Crippen LogP) is 2.92. The van der Waals surface area contributed by atoms with E-state index in [4.69, 9.17) is 4.74 Å². The Hall–Kier alpha value is -2.04. The zero-order valence-electron chi connectivity index (χ0n) is 15.0. The van der Waals surface area contributed by atoms with E-state index in [2.05, 4.69) is 26.0 Å². The molecule has 0 saturated carbocycles. The second-order valence-electron chi connectivity index (χ2n) is 7.04. The molecular weight excluding hydrogens is 316 g/mol. The number of fused-ring (bicyclic) bond motifs is 1. The van der Waals surface area contributed by atoms with Gasteiger partial charge in [-0.1, -0.05) is 18.2 Å². The van der Waals surface area contributed by atoms with E-state index in [0.29, 0.717) is 5.75 Å². The average molecular weight is 342 g/mol. The molecule has 0 saturated heterocycles. The summed E-state index contributed by atoms with van der Waals surface area (Å²) in [5.41, 5.74) is 5.85. The van der Waals surface area contributed by atoms with Crippen LogP contribution < -0.4 is 4.74 Å². The topological polar surface area (TPSA) is 69.9 Å². The van der Waals surface area contributed by atoms with Crippen LogP contribution in [-0.4, -0.2) is 35.6 Å². The summed E-state index contributed by atoms with van der Waals surface area (Å²) < 4.78 is 5.27. The normalized spacial score (nSPS) is 22.5. The van der Waals surface area contributed by atoms with Crippen molar-refractivity contribution in [2.45, 2.75) is 26.2 Å². The third-order valence-electron chi connectivity index (χ3n) is 5.61. The Morgan fingerprint density at radius 3 is 2.40 bits per heavy atom. The van der Waals surface area contributed by atoms with Gasteiger partial charge in [-0.3, -0.25) is 0 Å². The third-order valence-corrected chi connectivity index (χ3v) is 5.61. The summed E-state index contributed by atoms with van der Waals surface area (Å²) in [5, 5.41) is 29.9. The number of aliphatic hydroxyl groups excluding tert-OH is 2. The summed E-state index contributed by atoms with van der Waals surface area (Å²) in [5.74, 6) is 0.408. The van der Waals surface area contributed by atoms with Crippen LogP contribution in [0, 0.1) is 25.7 Å². The molecule has 3 rings (SSSR count). The van der Waals surface area contributed by atoms with E-state index in [1.165, 1.54) is 29.4 Å². The van der Waals surface area contributed by atoms with E-state index in [1.807, 2.05) is 12.1 Å². The smallest absolute Gasteiger partial charge is 0.160 e. The minimum atomic E-state index is -0.0751. The number of aromatic hydroxyl groups is 1. The molecule has 0 radical (unpaired) electrons. The van der Waals surface area contributed by atoms with Gasteiger partial charge in [-0.15, -0.1) is 0 Å². The number of ether oxygens (including phenoxy) is 1. The average Bonchev–Trinajstić information content (AvgIpc) is 2.62. The number of rotatable bonds is 4. The first kappa shape index (κ1) is 17.8. The summed E-state index contributed by atoms with van der Waals surface area (Å²) in [7, 11) is 1.53. The molecule has 0 fully saturated rings. The lowest BCUT2D eigenvalue weighted by atomic mass is 9.66. The molecule has 0 amide bonds. The van der Waals surface area contributed by atoms with Crippen LogP contribution in [0.15, 0.2) is 30.3 Å². The monoisotopic (exact) mass is 342 g/mol. The maximum atomic E-state index is 10.1. The van der Waals surface area contributed by atoms with Gasteiger partial charge >= 0.3 is 0 Å². The van der Waals surface area contributed by atoms with Crippen molar-refractivity contribution in [1.29, 1.82) is 0 Å². The van der Waals surface area contributed by atoms with Crippen molar-refractivity contribution in [3.05, 3.63) is 58.1 Å². The second kappa shape index (κ2) is 7.06. The zero-order chi connectivity index (χ0) is 18.1. The minimum Gasteiger partial charge on any atom is -0.504 e. The molecule has 4 nitrogen and oxygen atoms in total. The summed E-state index contributed by atoms with van der Waals surface area (Å²) in [6, 6.07) is 9.74. The number of benzene rings is 2. The molecule has 3 N–H and O–H groups in total. The number of aryl methyl sites for hydroxylation is 2. The molecule has 3 atom stereocenters. The summed E-state index contributed by atoms with van der Waals surface area (Å²) in [6.07, 6.45) is 0.768. The molecule has 0 spiro atoms. The van der Waals surface area contributed by atoms with Gasteiger partial charge in [-0.25, -0.2) is 0 Å². The number of phenolic OH excluding ortho intramolecular Hbond substituents is 1. The van der Waals surface area contributed by atoms with E-state index in [0.717, 1.165) is 12.0 Å². The van der Waals surface area contributed by atoms with Crippen molar-refractivity contribution in [3.8, 4) is 11.5 Å². The standard InChI is InChI=1S/C21H26O4/c1-12-6-15-8-16(10-22)18(11-23)21(17(15)7-13(12)2)14-4-5-19(24)20(9-14)25-3/h4-7,9,16,18,21-24H,8,10-11H2,1-3H3/t16-,18-,21-/m1/s1. The zero-order valence-corrected chi connectivity index (χ0v) is 15.0. The van der Waals surface area contributed by atoms with Crippen molar-refractivity contribution in [2.75, 3.05) is 20.3 Å². The lowest BCUT2D eigenvalue weighted by Crippen LogP contribution is -2.35. The van der Waals surface area contributed by atoms with Crippen LogP contribution in [0.25, 0.3) is 0 Å². The van der Waals surface area contributed by atoms with E-state index in [1.54, 1.807) is 6.07 Å². The fraction of sp³-hybridized carbons (Fsp3) is 0.429. The molecule has 0 heterocycles. The van der Waals surface area contributed by atoms with E-state index < -0.39 is 0 Å². The molecule has 4 heteroatoms. The number of aliphatic hydroxyl groups is 2. The SMILES string of the molecule is COc1cc([C@@H]2c3cc(C)c(C)cc3C[C@H](CO)[C@H]2CO)ccc1O. The Labute approximate surface area is 148 Å². The van der Waals surface area contributed by atoms with Crippen LogP contribution in [0.1, 0.15) is 33.7 Å². The molecule has 2 aromatic rings. The van der Waals surface area contributed by atoms with Gasteiger partial charge in [0.2, 0.25) is 0 Å². The minimum absolute atomic E-state index is 0.00408. The number of phenols is 1. The third kappa shape index (κ3) is 3.12. The molecular formula is C21H26O4. The Kier molecular flexibility index (Phi) is 5.02. The maximum Gasteiger partial charge on any atom is 0.160 e. The molecule has 1 aliphatic carbocycles. The molecule has 0 aromatic heterocycles. The number of methoxy groups -OCH3 is 1. The van der Waals surface area contributed by atoms with Gasteiger partial charge in [-0.2, -0.15) is 0 Å². The van der Waals surface area contributed by atoms with Gasteiger partial charge in [0.15, 0.2) is 11.5 Å². The van der Waals surface area contributed by atoms with Crippen molar-refractivity contribution in [3.63, 3.8) is 0 Å². The van der Waals surface area contributed by atoms with Crippen molar-refractivity contribution >= 4 is 0 Å². The largest absolute Gasteiger partial charge is 0.504 e. The molecule has 134 valence electrons. The van der Waals surface area contributed by atoms with Crippen LogP contribution in [0.2, 0.25) is 0 Å². The van der Waals surface area contributed by atoms with Crippen LogP contribution in [0.4, 0.5) is 0 Å². The number of hydrogen-bond acceptors (Lipinski definition) is 4. The fourth-order valence-corrected chi connectivity index (χ4v) is 4.07. The fourth-order valence-electron chi connectivity index (χ4n) is 4.07. The van der Waals surface area contributed by atoms with Crippen LogP contribution in [-0.2, 0) is 6.42 Å². The summed E-state index contributed by atoms with van der Waals surface area (Å²) in [4.78, 5) is 0. The molecule has 0 aliphatic heterocycles. The summed E-state index contributed by atoms with van der Waals surface area (Å²) >= 11 is 0. The van der Waals surface area contributed by atoms with Gasteiger partial charge in [0.05, 0.1) is 7.11 Å². The maximum absolute atomic E-state index is 10.1. The molecule has 1 aliphatic rings. The van der Waals surface area contributed by atoms with Crippen molar-refractivity contribution < 1.29 is 20.1 Å². The predicted molar refractivity (Wildman–Crippen MR) is 97.3 cm³/mol. The van der Waals surface area contributed by atoms with Gasteiger partial charge in [-0.05, 0) is 72.1 Å². The van der Waals surface area contributed by atoms with Crippen molar-refractivity contribution in [1.82, 2.24) is 0 Å². The Balaban J connectivity index is 2.19. The Morgan fingerprint density at radius 1 is 1.04 bits per heavy atom. The Morgan fingerprint density at radius 2 is 1.76 bits per heavy atom. The Bertz CT molecular complexity index is 769. The van der Waals surface area contributed by atoms with Gasteiger partial charge in [0.25, 0.3) is 0 Å². The van der Waals surface area contributed by atoms with Crippen LogP contribution in [0.5, 0.6) is 11.5 Å². The quantitative estimate of drug-likeness (QED) is 0.799. The lowest BCUT2D eigenvalue weighted by Gasteiger charge is -2.39. The first-order valence-electron chi connectivity index (χ1n) is 8.68. The molecule has 0 unspecified atom stereocenters. The van der Waals surface area contributed by atoms with Crippen LogP contribution in [0.3, 0.4) is 0 Å².